The quantitative estimate of drug-likeness (QED) is 0.819. The van der Waals surface area contributed by atoms with Gasteiger partial charge in [0.15, 0.2) is 0 Å². The molecule has 1 fully saturated rings. The SMILES string of the molecule is CCN(C(=O)CN1CCC[C@@H]1c1cccs1)c1ccccc1C. The minimum Gasteiger partial charge on any atom is -0.311 e. The lowest BCUT2D eigenvalue weighted by Crippen LogP contribution is -2.40. The van der Waals surface area contributed by atoms with Crippen molar-refractivity contribution >= 4 is 22.9 Å². The lowest BCUT2D eigenvalue weighted by atomic mass is 10.1. The second-order valence-corrected chi connectivity index (χ2v) is 7.05. The zero-order valence-corrected chi connectivity index (χ0v) is 14.7. The molecule has 1 aliphatic rings. The Morgan fingerprint density at radius 1 is 1.30 bits per heavy atom. The zero-order chi connectivity index (χ0) is 16.2. The van der Waals surface area contributed by atoms with Crippen LogP contribution in [0.1, 0.15) is 36.2 Å². The van der Waals surface area contributed by atoms with Gasteiger partial charge in [0.05, 0.1) is 6.54 Å². The summed E-state index contributed by atoms with van der Waals surface area (Å²) in [5, 5.41) is 2.12. The minimum absolute atomic E-state index is 0.199. The number of nitrogens with zero attached hydrogens (tertiary/aromatic N) is 2. The predicted octanol–water partition coefficient (Wildman–Crippen LogP) is 4.25. The van der Waals surface area contributed by atoms with Gasteiger partial charge in [-0.3, -0.25) is 9.69 Å². The molecular formula is C19H24N2OS. The van der Waals surface area contributed by atoms with Crippen molar-refractivity contribution in [3.05, 3.63) is 52.2 Å². The fourth-order valence-electron chi connectivity index (χ4n) is 3.42. The summed E-state index contributed by atoms with van der Waals surface area (Å²) < 4.78 is 0. The van der Waals surface area contributed by atoms with E-state index < -0.39 is 0 Å². The number of likely N-dealkylation sites (tertiary alicyclic amines) is 1. The number of carbonyl (C=O) groups excluding carboxylic acids is 1. The molecule has 0 spiro atoms. The Labute approximate surface area is 142 Å². The molecule has 23 heavy (non-hydrogen) atoms. The first-order valence-electron chi connectivity index (χ1n) is 8.34. The number of likely N-dealkylation sites (N-methyl/N-ethyl adjacent to an activating group) is 1. The number of hydrogen-bond acceptors (Lipinski definition) is 3. The molecule has 0 N–H and O–H groups in total. The molecule has 1 aliphatic heterocycles. The van der Waals surface area contributed by atoms with Crippen LogP contribution in [0.2, 0.25) is 0 Å². The predicted molar refractivity (Wildman–Crippen MR) is 97.1 cm³/mol. The number of anilines is 1. The molecule has 1 saturated heterocycles. The molecule has 0 bridgehead atoms. The van der Waals surface area contributed by atoms with E-state index in [0.717, 1.165) is 24.2 Å². The summed E-state index contributed by atoms with van der Waals surface area (Å²) in [7, 11) is 0. The first kappa shape index (κ1) is 16.2. The van der Waals surface area contributed by atoms with Gasteiger partial charge in [-0.2, -0.15) is 0 Å². The summed E-state index contributed by atoms with van der Waals surface area (Å²) in [6, 6.07) is 12.8. The summed E-state index contributed by atoms with van der Waals surface area (Å²) >= 11 is 1.80. The summed E-state index contributed by atoms with van der Waals surface area (Å²) in [6.07, 6.45) is 2.33. The number of benzene rings is 1. The number of carbonyl (C=O) groups is 1. The second kappa shape index (κ2) is 7.28. The van der Waals surface area contributed by atoms with Crippen LogP contribution in [-0.4, -0.2) is 30.4 Å². The molecule has 1 aromatic carbocycles. The summed E-state index contributed by atoms with van der Waals surface area (Å²) in [6.45, 7) is 6.34. The van der Waals surface area contributed by atoms with Crippen LogP contribution >= 0.6 is 11.3 Å². The van der Waals surface area contributed by atoms with E-state index in [1.165, 1.54) is 11.3 Å². The molecule has 3 nitrogen and oxygen atoms in total. The van der Waals surface area contributed by atoms with E-state index in [9.17, 15) is 4.79 Å². The standard InChI is InChI=1S/C19H24N2OS/c1-3-21(16-9-5-4-8-15(16)2)19(22)14-20-12-6-10-17(20)18-11-7-13-23-18/h4-5,7-9,11,13,17H,3,6,10,12,14H2,1-2H3/t17-/m1/s1. The van der Waals surface area contributed by atoms with E-state index in [1.54, 1.807) is 11.3 Å². The van der Waals surface area contributed by atoms with E-state index in [2.05, 4.69) is 35.4 Å². The molecule has 0 unspecified atom stereocenters. The van der Waals surface area contributed by atoms with E-state index in [4.69, 9.17) is 0 Å². The molecule has 4 heteroatoms. The monoisotopic (exact) mass is 328 g/mol. The molecule has 1 aromatic heterocycles. The van der Waals surface area contributed by atoms with Gasteiger partial charge in [0.2, 0.25) is 5.91 Å². The maximum atomic E-state index is 12.9. The van der Waals surface area contributed by atoms with Crippen LogP contribution < -0.4 is 4.90 Å². The molecule has 1 amide bonds. The Kier molecular flexibility index (Phi) is 5.13. The Balaban J connectivity index is 1.73. The van der Waals surface area contributed by atoms with E-state index in [-0.39, 0.29) is 5.91 Å². The topological polar surface area (TPSA) is 23.6 Å². The molecule has 2 heterocycles. The second-order valence-electron chi connectivity index (χ2n) is 6.07. The van der Waals surface area contributed by atoms with Gasteiger partial charge in [0, 0.05) is 23.2 Å². The van der Waals surface area contributed by atoms with Crippen molar-refractivity contribution in [2.24, 2.45) is 0 Å². The summed E-state index contributed by atoms with van der Waals surface area (Å²) in [4.78, 5) is 18.5. The molecule has 2 aromatic rings. The number of amides is 1. The first-order valence-corrected chi connectivity index (χ1v) is 9.22. The first-order chi connectivity index (χ1) is 11.2. The normalized spacial score (nSPS) is 18.3. The fourth-order valence-corrected chi connectivity index (χ4v) is 4.32. The maximum absolute atomic E-state index is 12.9. The van der Waals surface area contributed by atoms with Crippen LogP contribution in [0.15, 0.2) is 41.8 Å². The van der Waals surface area contributed by atoms with E-state index in [0.29, 0.717) is 19.1 Å². The molecule has 0 saturated carbocycles. The number of hydrogen-bond donors (Lipinski definition) is 0. The highest BCUT2D eigenvalue weighted by atomic mass is 32.1. The Morgan fingerprint density at radius 2 is 2.13 bits per heavy atom. The van der Waals surface area contributed by atoms with Crippen LogP contribution in [0, 0.1) is 6.92 Å². The van der Waals surface area contributed by atoms with Crippen LogP contribution in [0.5, 0.6) is 0 Å². The zero-order valence-electron chi connectivity index (χ0n) is 13.9. The van der Waals surface area contributed by atoms with E-state index >= 15 is 0 Å². The minimum atomic E-state index is 0.199. The fraction of sp³-hybridized carbons (Fsp3) is 0.421. The third kappa shape index (κ3) is 3.48. The molecule has 0 aliphatic carbocycles. The van der Waals surface area contributed by atoms with E-state index in [1.807, 2.05) is 30.0 Å². The van der Waals surface area contributed by atoms with Crippen LogP contribution in [0.3, 0.4) is 0 Å². The third-order valence-corrected chi connectivity index (χ3v) is 5.57. The van der Waals surface area contributed by atoms with Crippen LogP contribution in [0.4, 0.5) is 5.69 Å². The smallest absolute Gasteiger partial charge is 0.241 e. The van der Waals surface area contributed by atoms with Gasteiger partial charge < -0.3 is 4.90 Å². The van der Waals surface area contributed by atoms with Crippen molar-refractivity contribution in [1.82, 2.24) is 4.90 Å². The van der Waals surface area contributed by atoms with Crippen molar-refractivity contribution < 1.29 is 4.79 Å². The largest absolute Gasteiger partial charge is 0.311 e. The Bertz CT molecular complexity index is 653. The average molecular weight is 328 g/mol. The average Bonchev–Trinajstić information content (AvgIpc) is 3.20. The highest BCUT2D eigenvalue weighted by Gasteiger charge is 2.29. The van der Waals surface area contributed by atoms with Gasteiger partial charge in [-0.05, 0) is 56.3 Å². The number of thiophene rings is 1. The van der Waals surface area contributed by atoms with Crippen LogP contribution in [0.25, 0.3) is 0 Å². The van der Waals surface area contributed by atoms with Gasteiger partial charge in [-0.1, -0.05) is 24.3 Å². The van der Waals surface area contributed by atoms with Crippen molar-refractivity contribution in [2.75, 3.05) is 24.5 Å². The van der Waals surface area contributed by atoms with Crippen molar-refractivity contribution in [1.29, 1.82) is 0 Å². The Morgan fingerprint density at radius 3 is 2.83 bits per heavy atom. The van der Waals surface area contributed by atoms with Crippen molar-refractivity contribution in [3.63, 3.8) is 0 Å². The lowest BCUT2D eigenvalue weighted by molar-refractivity contribution is -0.119. The van der Waals surface area contributed by atoms with Gasteiger partial charge in [0.1, 0.15) is 0 Å². The van der Waals surface area contributed by atoms with Crippen molar-refractivity contribution in [2.45, 2.75) is 32.7 Å². The lowest BCUT2D eigenvalue weighted by Gasteiger charge is -2.28. The van der Waals surface area contributed by atoms with Gasteiger partial charge in [-0.25, -0.2) is 0 Å². The number of para-hydroxylation sites is 1. The molecule has 3 rings (SSSR count). The third-order valence-electron chi connectivity index (χ3n) is 4.60. The number of aryl methyl sites for hydroxylation is 1. The van der Waals surface area contributed by atoms with Gasteiger partial charge in [0.25, 0.3) is 0 Å². The highest BCUT2D eigenvalue weighted by Crippen LogP contribution is 2.34. The maximum Gasteiger partial charge on any atom is 0.241 e. The van der Waals surface area contributed by atoms with Gasteiger partial charge >= 0.3 is 0 Å². The summed E-state index contributed by atoms with van der Waals surface area (Å²) in [5.41, 5.74) is 2.19. The molecular weight excluding hydrogens is 304 g/mol. The van der Waals surface area contributed by atoms with Gasteiger partial charge in [-0.15, -0.1) is 11.3 Å². The summed E-state index contributed by atoms with van der Waals surface area (Å²) in [5.74, 6) is 0.199. The molecule has 122 valence electrons. The Hall–Kier alpha value is -1.65. The van der Waals surface area contributed by atoms with Crippen LogP contribution in [-0.2, 0) is 4.79 Å². The number of rotatable bonds is 5. The van der Waals surface area contributed by atoms with Crippen molar-refractivity contribution in [3.8, 4) is 0 Å². The molecule has 0 radical (unpaired) electrons. The molecule has 1 atom stereocenters. The highest BCUT2D eigenvalue weighted by molar-refractivity contribution is 7.10.